The predicted molar refractivity (Wildman–Crippen MR) is 108 cm³/mol. The Morgan fingerprint density at radius 3 is 2.14 bits per heavy atom. The summed E-state index contributed by atoms with van der Waals surface area (Å²) in [7, 11) is 0. The molecule has 0 aromatic heterocycles. The van der Waals surface area contributed by atoms with E-state index in [-0.39, 0.29) is 12.5 Å². The maximum atomic E-state index is 12.9. The van der Waals surface area contributed by atoms with E-state index in [2.05, 4.69) is 10.6 Å². The van der Waals surface area contributed by atoms with Crippen LogP contribution in [0.25, 0.3) is 0 Å². The first kappa shape index (κ1) is 23.6. The number of carbonyl (C=O) groups excluding carboxylic acids is 3. The van der Waals surface area contributed by atoms with E-state index in [1.165, 1.54) is 0 Å². The van der Waals surface area contributed by atoms with Gasteiger partial charge in [-0.2, -0.15) is 0 Å². The van der Waals surface area contributed by atoms with E-state index in [9.17, 15) is 14.4 Å². The number of benzene rings is 1. The third-order valence-electron chi connectivity index (χ3n) is 3.83. The number of carbonyl (C=O) groups is 3. The summed E-state index contributed by atoms with van der Waals surface area (Å²) < 4.78 is 5.44. The van der Waals surface area contributed by atoms with Crippen molar-refractivity contribution in [1.82, 2.24) is 10.6 Å². The highest BCUT2D eigenvalue weighted by molar-refractivity contribution is 5.91. The SMILES string of the molecule is CC(C)C[C@H](NC(=O)[C@H](Cc1ccccc1)NC(=O)CN)C(=O)OC(C)(C)C. The number of rotatable bonds is 9. The highest BCUT2D eigenvalue weighted by Gasteiger charge is 2.30. The van der Waals surface area contributed by atoms with E-state index in [1.807, 2.05) is 44.2 Å². The number of ether oxygens (including phenoxy) is 1. The molecule has 7 nitrogen and oxygen atoms in total. The van der Waals surface area contributed by atoms with Gasteiger partial charge in [-0.25, -0.2) is 4.79 Å². The zero-order valence-electron chi connectivity index (χ0n) is 17.5. The molecule has 0 unspecified atom stereocenters. The minimum Gasteiger partial charge on any atom is -0.458 e. The third kappa shape index (κ3) is 8.99. The number of nitrogens with two attached hydrogens (primary N) is 1. The van der Waals surface area contributed by atoms with Gasteiger partial charge in [0.1, 0.15) is 17.7 Å². The lowest BCUT2D eigenvalue weighted by atomic mass is 10.0. The van der Waals surface area contributed by atoms with Crippen LogP contribution in [0, 0.1) is 5.92 Å². The Bertz CT molecular complexity index is 653. The van der Waals surface area contributed by atoms with Crippen LogP contribution in [0.4, 0.5) is 0 Å². The fraction of sp³-hybridized carbons (Fsp3) is 0.571. The van der Waals surface area contributed by atoms with Gasteiger partial charge in [0.15, 0.2) is 0 Å². The molecular weight excluding hydrogens is 358 g/mol. The molecule has 0 radical (unpaired) electrons. The van der Waals surface area contributed by atoms with Gasteiger partial charge in [0.25, 0.3) is 0 Å². The average molecular weight is 392 g/mol. The first-order valence-corrected chi connectivity index (χ1v) is 9.58. The van der Waals surface area contributed by atoms with Crippen LogP contribution in [-0.4, -0.2) is 42.0 Å². The Labute approximate surface area is 167 Å². The van der Waals surface area contributed by atoms with Crippen molar-refractivity contribution in [2.24, 2.45) is 11.7 Å². The standard InChI is InChI=1S/C21H33N3O4/c1-14(2)11-17(20(27)28-21(3,4)5)24-19(26)16(23-18(25)13-22)12-15-9-7-6-8-10-15/h6-10,14,16-17H,11-13,22H2,1-5H3,(H,23,25)(H,24,26)/t16-,17-/m0/s1. The molecule has 0 aliphatic heterocycles. The molecule has 1 rings (SSSR count). The Balaban J connectivity index is 2.95. The van der Waals surface area contributed by atoms with Crippen molar-refractivity contribution in [3.05, 3.63) is 35.9 Å². The summed E-state index contributed by atoms with van der Waals surface area (Å²) in [5.41, 5.74) is 5.61. The van der Waals surface area contributed by atoms with Crippen molar-refractivity contribution in [2.75, 3.05) is 6.54 Å². The van der Waals surface area contributed by atoms with Crippen LogP contribution >= 0.6 is 0 Å². The lowest BCUT2D eigenvalue weighted by molar-refractivity contribution is -0.159. The van der Waals surface area contributed by atoms with E-state index >= 15 is 0 Å². The van der Waals surface area contributed by atoms with E-state index in [0.29, 0.717) is 12.8 Å². The summed E-state index contributed by atoms with van der Waals surface area (Å²) in [5.74, 6) is -1.20. The summed E-state index contributed by atoms with van der Waals surface area (Å²) in [4.78, 5) is 37.2. The van der Waals surface area contributed by atoms with E-state index in [1.54, 1.807) is 20.8 Å². The number of hydrogen-bond acceptors (Lipinski definition) is 5. The van der Waals surface area contributed by atoms with Gasteiger partial charge in [-0.05, 0) is 38.7 Å². The summed E-state index contributed by atoms with van der Waals surface area (Å²) >= 11 is 0. The highest BCUT2D eigenvalue weighted by atomic mass is 16.6. The lowest BCUT2D eigenvalue weighted by Gasteiger charge is -2.27. The lowest BCUT2D eigenvalue weighted by Crippen LogP contribution is -2.54. The maximum absolute atomic E-state index is 12.9. The largest absolute Gasteiger partial charge is 0.458 e. The summed E-state index contributed by atoms with van der Waals surface area (Å²) in [6.45, 7) is 9.03. The molecule has 2 amide bonds. The minimum atomic E-state index is -0.837. The monoisotopic (exact) mass is 391 g/mol. The van der Waals surface area contributed by atoms with Crippen LogP contribution < -0.4 is 16.4 Å². The molecule has 0 saturated heterocycles. The molecule has 1 aromatic carbocycles. The van der Waals surface area contributed by atoms with Crippen LogP contribution in [0.1, 0.15) is 46.6 Å². The molecule has 0 bridgehead atoms. The summed E-state index contributed by atoms with van der Waals surface area (Å²) in [6.07, 6.45) is 0.727. The van der Waals surface area contributed by atoms with Gasteiger partial charge in [-0.15, -0.1) is 0 Å². The van der Waals surface area contributed by atoms with Crippen molar-refractivity contribution in [1.29, 1.82) is 0 Å². The van der Waals surface area contributed by atoms with Crippen LogP contribution in [-0.2, 0) is 25.5 Å². The van der Waals surface area contributed by atoms with Gasteiger partial charge in [-0.1, -0.05) is 44.2 Å². The second-order valence-corrected chi connectivity index (χ2v) is 8.24. The first-order valence-electron chi connectivity index (χ1n) is 9.58. The molecule has 0 spiro atoms. The van der Waals surface area contributed by atoms with Crippen molar-refractivity contribution in [3.63, 3.8) is 0 Å². The fourth-order valence-corrected chi connectivity index (χ4v) is 2.64. The zero-order chi connectivity index (χ0) is 21.3. The molecule has 7 heteroatoms. The number of nitrogens with one attached hydrogen (secondary N) is 2. The quantitative estimate of drug-likeness (QED) is 0.553. The highest BCUT2D eigenvalue weighted by Crippen LogP contribution is 2.13. The first-order chi connectivity index (χ1) is 13.0. The van der Waals surface area contributed by atoms with Gasteiger partial charge >= 0.3 is 5.97 Å². The molecule has 0 aliphatic carbocycles. The van der Waals surface area contributed by atoms with Crippen molar-refractivity contribution < 1.29 is 19.1 Å². The number of amides is 2. The second-order valence-electron chi connectivity index (χ2n) is 8.24. The predicted octanol–water partition coefficient (Wildman–Crippen LogP) is 1.55. The van der Waals surface area contributed by atoms with Gasteiger partial charge in [0.05, 0.1) is 6.54 Å². The fourth-order valence-electron chi connectivity index (χ4n) is 2.64. The maximum Gasteiger partial charge on any atom is 0.329 e. The normalized spacial score (nSPS) is 13.5. The van der Waals surface area contributed by atoms with Crippen molar-refractivity contribution in [3.8, 4) is 0 Å². The molecular formula is C21H33N3O4. The number of esters is 1. The molecule has 0 fully saturated rings. The number of hydrogen-bond donors (Lipinski definition) is 3. The van der Waals surface area contributed by atoms with Crippen molar-refractivity contribution >= 4 is 17.8 Å². The van der Waals surface area contributed by atoms with Crippen LogP contribution in [0.2, 0.25) is 0 Å². The average Bonchev–Trinajstić information content (AvgIpc) is 2.59. The molecule has 0 heterocycles. The summed E-state index contributed by atoms with van der Waals surface area (Å²) in [5, 5.41) is 5.38. The second kappa shape index (κ2) is 10.8. The smallest absolute Gasteiger partial charge is 0.329 e. The third-order valence-corrected chi connectivity index (χ3v) is 3.83. The molecule has 156 valence electrons. The van der Waals surface area contributed by atoms with Gasteiger partial charge in [0, 0.05) is 6.42 Å². The Morgan fingerprint density at radius 2 is 1.64 bits per heavy atom. The summed E-state index contributed by atoms with van der Waals surface area (Å²) in [6, 6.07) is 7.70. The van der Waals surface area contributed by atoms with Crippen LogP contribution in [0.15, 0.2) is 30.3 Å². The van der Waals surface area contributed by atoms with Crippen LogP contribution in [0.5, 0.6) is 0 Å². The van der Waals surface area contributed by atoms with E-state index < -0.39 is 35.5 Å². The van der Waals surface area contributed by atoms with Gasteiger partial charge in [-0.3, -0.25) is 9.59 Å². The molecule has 28 heavy (non-hydrogen) atoms. The van der Waals surface area contributed by atoms with E-state index in [4.69, 9.17) is 10.5 Å². The molecule has 1 aromatic rings. The van der Waals surface area contributed by atoms with E-state index in [0.717, 1.165) is 5.56 Å². The molecule has 4 N–H and O–H groups in total. The minimum absolute atomic E-state index is 0.170. The molecule has 0 saturated carbocycles. The van der Waals surface area contributed by atoms with Gasteiger partial charge < -0.3 is 21.1 Å². The Kier molecular flexibility index (Phi) is 9.12. The van der Waals surface area contributed by atoms with Crippen LogP contribution in [0.3, 0.4) is 0 Å². The Morgan fingerprint density at radius 1 is 1.04 bits per heavy atom. The van der Waals surface area contributed by atoms with Crippen molar-refractivity contribution in [2.45, 2.75) is 65.1 Å². The topological polar surface area (TPSA) is 111 Å². The zero-order valence-corrected chi connectivity index (χ0v) is 17.5. The molecule has 2 atom stereocenters. The Hall–Kier alpha value is -2.41. The van der Waals surface area contributed by atoms with Gasteiger partial charge in [0.2, 0.25) is 11.8 Å². The molecule has 0 aliphatic rings.